The van der Waals surface area contributed by atoms with Gasteiger partial charge in [0.15, 0.2) is 0 Å². The second-order valence-corrected chi connectivity index (χ2v) is 6.69. The number of benzene rings is 1. The Morgan fingerprint density at radius 1 is 1.20 bits per heavy atom. The van der Waals surface area contributed by atoms with Crippen molar-refractivity contribution < 1.29 is 9.53 Å². The van der Waals surface area contributed by atoms with Gasteiger partial charge in [0.1, 0.15) is 6.61 Å². The SMILES string of the molecule is O=C1COCc2ccc(Br)cc2N1CC1CCCCC1. The smallest absolute Gasteiger partial charge is 0.253 e. The van der Waals surface area contributed by atoms with Gasteiger partial charge >= 0.3 is 0 Å². The number of ether oxygens (including phenoxy) is 1. The van der Waals surface area contributed by atoms with E-state index in [9.17, 15) is 4.79 Å². The number of hydrogen-bond acceptors (Lipinski definition) is 2. The minimum Gasteiger partial charge on any atom is -0.367 e. The molecular weight excluding hydrogens is 318 g/mol. The molecule has 0 aromatic heterocycles. The van der Waals surface area contributed by atoms with E-state index >= 15 is 0 Å². The molecule has 3 nitrogen and oxygen atoms in total. The van der Waals surface area contributed by atoms with E-state index in [-0.39, 0.29) is 12.5 Å². The number of nitrogens with zero attached hydrogens (tertiary/aromatic N) is 1. The first-order chi connectivity index (χ1) is 9.74. The zero-order chi connectivity index (χ0) is 13.9. The molecule has 4 heteroatoms. The molecule has 1 aliphatic carbocycles. The molecule has 1 aliphatic heterocycles. The molecule has 0 unspecified atom stereocenters. The van der Waals surface area contributed by atoms with Gasteiger partial charge in [0.25, 0.3) is 5.91 Å². The van der Waals surface area contributed by atoms with Crippen LogP contribution in [0.5, 0.6) is 0 Å². The summed E-state index contributed by atoms with van der Waals surface area (Å²) in [5, 5.41) is 0. The van der Waals surface area contributed by atoms with Crippen molar-refractivity contribution >= 4 is 27.5 Å². The summed E-state index contributed by atoms with van der Waals surface area (Å²) in [4.78, 5) is 14.3. The van der Waals surface area contributed by atoms with Crippen LogP contribution in [-0.2, 0) is 16.1 Å². The number of hydrogen-bond donors (Lipinski definition) is 0. The average molecular weight is 338 g/mol. The molecule has 0 N–H and O–H groups in total. The van der Waals surface area contributed by atoms with Crippen LogP contribution in [0.2, 0.25) is 0 Å². The van der Waals surface area contributed by atoms with E-state index in [1.807, 2.05) is 23.1 Å². The Hall–Kier alpha value is -0.870. The van der Waals surface area contributed by atoms with Crippen molar-refractivity contribution in [3.8, 4) is 0 Å². The van der Waals surface area contributed by atoms with Crippen molar-refractivity contribution in [2.45, 2.75) is 38.7 Å². The lowest BCUT2D eigenvalue weighted by Crippen LogP contribution is -2.37. The maximum atomic E-state index is 12.3. The highest BCUT2D eigenvalue weighted by Gasteiger charge is 2.26. The van der Waals surface area contributed by atoms with Gasteiger partial charge in [0.2, 0.25) is 0 Å². The summed E-state index contributed by atoms with van der Waals surface area (Å²) in [7, 11) is 0. The molecule has 3 rings (SSSR count). The zero-order valence-corrected chi connectivity index (χ0v) is 13.2. The quantitative estimate of drug-likeness (QED) is 0.819. The molecule has 1 aromatic rings. The fourth-order valence-electron chi connectivity index (χ4n) is 3.20. The Morgan fingerprint density at radius 2 is 2.00 bits per heavy atom. The lowest BCUT2D eigenvalue weighted by Gasteiger charge is -2.29. The molecule has 0 spiro atoms. The summed E-state index contributed by atoms with van der Waals surface area (Å²) in [6.45, 7) is 1.56. The second kappa shape index (κ2) is 6.27. The first-order valence-electron chi connectivity index (χ1n) is 7.40. The maximum absolute atomic E-state index is 12.3. The van der Waals surface area contributed by atoms with E-state index < -0.39 is 0 Å². The van der Waals surface area contributed by atoms with Crippen LogP contribution in [0, 0.1) is 5.92 Å². The number of rotatable bonds is 2. The van der Waals surface area contributed by atoms with Crippen LogP contribution in [0.15, 0.2) is 22.7 Å². The molecular formula is C16H20BrNO2. The van der Waals surface area contributed by atoms with Crippen molar-refractivity contribution in [3.05, 3.63) is 28.2 Å². The Bertz CT molecular complexity index is 497. The van der Waals surface area contributed by atoms with Gasteiger partial charge in [-0.2, -0.15) is 0 Å². The molecule has 108 valence electrons. The Morgan fingerprint density at radius 3 is 2.80 bits per heavy atom. The molecule has 1 aromatic carbocycles. The van der Waals surface area contributed by atoms with Crippen LogP contribution in [0.3, 0.4) is 0 Å². The van der Waals surface area contributed by atoms with E-state index in [1.165, 1.54) is 32.1 Å². The Labute approximate surface area is 128 Å². The molecule has 1 heterocycles. The molecule has 0 radical (unpaired) electrons. The van der Waals surface area contributed by atoms with Crippen molar-refractivity contribution in [2.75, 3.05) is 18.1 Å². The van der Waals surface area contributed by atoms with Crippen molar-refractivity contribution in [2.24, 2.45) is 5.92 Å². The van der Waals surface area contributed by atoms with Crippen LogP contribution in [0.4, 0.5) is 5.69 Å². The first kappa shape index (κ1) is 14.1. The molecule has 1 amide bonds. The van der Waals surface area contributed by atoms with Crippen LogP contribution >= 0.6 is 15.9 Å². The first-order valence-corrected chi connectivity index (χ1v) is 8.20. The second-order valence-electron chi connectivity index (χ2n) is 5.77. The number of anilines is 1. The highest BCUT2D eigenvalue weighted by atomic mass is 79.9. The van der Waals surface area contributed by atoms with E-state index in [0.29, 0.717) is 12.5 Å². The molecule has 20 heavy (non-hydrogen) atoms. The third-order valence-corrected chi connectivity index (χ3v) is 4.78. The predicted octanol–water partition coefficient (Wildman–Crippen LogP) is 3.89. The van der Waals surface area contributed by atoms with Gasteiger partial charge in [-0.25, -0.2) is 0 Å². The lowest BCUT2D eigenvalue weighted by molar-refractivity contribution is -0.123. The van der Waals surface area contributed by atoms with Crippen LogP contribution in [0.1, 0.15) is 37.7 Å². The van der Waals surface area contributed by atoms with Gasteiger partial charge in [-0.3, -0.25) is 4.79 Å². The number of carbonyl (C=O) groups excluding carboxylic acids is 1. The van der Waals surface area contributed by atoms with Gasteiger partial charge in [0, 0.05) is 16.6 Å². The highest BCUT2D eigenvalue weighted by molar-refractivity contribution is 9.10. The van der Waals surface area contributed by atoms with Crippen molar-refractivity contribution in [1.29, 1.82) is 0 Å². The number of carbonyl (C=O) groups is 1. The van der Waals surface area contributed by atoms with E-state index in [0.717, 1.165) is 22.3 Å². The minimum atomic E-state index is 0.0902. The van der Waals surface area contributed by atoms with Gasteiger partial charge in [-0.05, 0) is 30.9 Å². The van der Waals surface area contributed by atoms with Crippen LogP contribution in [-0.4, -0.2) is 19.1 Å². The summed E-state index contributed by atoms with van der Waals surface area (Å²) in [6, 6.07) is 6.10. The maximum Gasteiger partial charge on any atom is 0.253 e. The summed E-state index contributed by atoms with van der Waals surface area (Å²) in [5.41, 5.74) is 2.13. The van der Waals surface area contributed by atoms with E-state index in [1.54, 1.807) is 0 Å². The Balaban J connectivity index is 1.86. The van der Waals surface area contributed by atoms with E-state index in [4.69, 9.17) is 4.74 Å². The highest BCUT2D eigenvalue weighted by Crippen LogP contribution is 2.31. The Kier molecular flexibility index (Phi) is 4.41. The topological polar surface area (TPSA) is 29.5 Å². The van der Waals surface area contributed by atoms with Gasteiger partial charge in [0.05, 0.1) is 12.3 Å². The van der Waals surface area contributed by atoms with Crippen LogP contribution < -0.4 is 4.90 Å². The molecule has 0 atom stereocenters. The number of fused-ring (bicyclic) bond motifs is 1. The monoisotopic (exact) mass is 337 g/mol. The molecule has 1 saturated carbocycles. The third kappa shape index (κ3) is 3.07. The summed E-state index contributed by atoms with van der Waals surface area (Å²) in [5.74, 6) is 0.727. The number of amides is 1. The molecule has 2 aliphatic rings. The fourth-order valence-corrected chi connectivity index (χ4v) is 3.55. The minimum absolute atomic E-state index is 0.0902. The van der Waals surface area contributed by atoms with Crippen molar-refractivity contribution in [1.82, 2.24) is 0 Å². The van der Waals surface area contributed by atoms with Crippen LogP contribution in [0.25, 0.3) is 0 Å². The van der Waals surface area contributed by atoms with Gasteiger partial charge in [-0.1, -0.05) is 41.3 Å². The van der Waals surface area contributed by atoms with Gasteiger partial charge in [-0.15, -0.1) is 0 Å². The fraction of sp³-hybridized carbons (Fsp3) is 0.562. The summed E-state index contributed by atoms with van der Waals surface area (Å²) >= 11 is 3.51. The number of halogens is 1. The molecule has 0 saturated heterocycles. The molecule has 0 bridgehead atoms. The third-order valence-electron chi connectivity index (χ3n) is 4.29. The lowest BCUT2D eigenvalue weighted by atomic mass is 9.88. The van der Waals surface area contributed by atoms with Gasteiger partial charge < -0.3 is 9.64 Å². The normalized spacial score (nSPS) is 20.6. The predicted molar refractivity (Wildman–Crippen MR) is 82.7 cm³/mol. The zero-order valence-electron chi connectivity index (χ0n) is 11.6. The standard InChI is InChI=1S/C16H20BrNO2/c17-14-7-6-13-10-20-11-16(19)18(15(13)8-14)9-12-4-2-1-3-5-12/h6-8,12H,1-5,9-11H2. The average Bonchev–Trinajstić information content (AvgIpc) is 2.61. The largest absolute Gasteiger partial charge is 0.367 e. The summed E-state index contributed by atoms with van der Waals surface area (Å²) in [6.07, 6.45) is 6.43. The van der Waals surface area contributed by atoms with Crippen molar-refractivity contribution in [3.63, 3.8) is 0 Å². The van der Waals surface area contributed by atoms with E-state index in [2.05, 4.69) is 15.9 Å². The molecule has 1 fully saturated rings. The summed E-state index contributed by atoms with van der Waals surface area (Å²) < 4.78 is 6.50.